The quantitative estimate of drug-likeness (QED) is 0.633. The molecule has 0 unspecified atom stereocenters. The molecule has 0 saturated carbocycles. The van der Waals surface area contributed by atoms with Gasteiger partial charge in [0.05, 0.1) is 0 Å². The van der Waals surface area contributed by atoms with E-state index in [1.54, 1.807) is 0 Å². The van der Waals surface area contributed by atoms with Crippen LogP contribution in [-0.2, 0) is 0 Å². The van der Waals surface area contributed by atoms with E-state index < -0.39 is 0 Å². The zero-order valence-electron chi connectivity index (χ0n) is 5.91. The van der Waals surface area contributed by atoms with Crippen molar-refractivity contribution >= 4 is 36.9 Å². The van der Waals surface area contributed by atoms with Crippen LogP contribution in [0.5, 0.6) is 0 Å². The van der Waals surface area contributed by atoms with Gasteiger partial charge in [0.15, 0.2) is 0 Å². The van der Waals surface area contributed by atoms with Gasteiger partial charge in [0, 0.05) is 0 Å². The summed E-state index contributed by atoms with van der Waals surface area (Å²) in [5.74, 6) is 0. The first-order valence-electron chi connectivity index (χ1n) is 3.42. The van der Waals surface area contributed by atoms with Gasteiger partial charge >= 0.3 is 78.5 Å². The van der Waals surface area contributed by atoms with Gasteiger partial charge in [-0.05, 0) is 0 Å². The average Bonchev–Trinajstić information content (AvgIpc) is 2.06. The second-order valence-electron chi connectivity index (χ2n) is 2.40. The van der Waals surface area contributed by atoms with Gasteiger partial charge in [-0.25, -0.2) is 0 Å². The molecule has 2 rings (SSSR count). The summed E-state index contributed by atoms with van der Waals surface area (Å²) in [5.41, 5.74) is 0. The molecule has 1 heterocycles. The summed E-state index contributed by atoms with van der Waals surface area (Å²) >= 11 is 1.45. The van der Waals surface area contributed by atoms with Crippen LogP contribution in [0.4, 0.5) is 0 Å². The van der Waals surface area contributed by atoms with Crippen molar-refractivity contribution in [3.8, 4) is 0 Å². The third kappa shape index (κ3) is 1.25. The third-order valence-corrected chi connectivity index (χ3v) is 2.93. The maximum atomic E-state index is 4.09. The Morgan fingerprint density at radius 3 is 2.91 bits per heavy atom. The van der Waals surface area contributed by atoms with Crippen molar-refractivity contribution in [1.82, 2.24) is 4.98 Å². The molecule has 11 heavy (non-hydrogen) atoms. The van der Waals surface area contributed by atoms with Crippen molar-refractivity contribution in [3.05, 3.63) is 36.7 Å². The van der Waals surface area contributed by atoms with E-state index in [1.165, 1.54) is 36.9 Å². The van der Waals surface area contributed by atoms with Crippen LogP contribution in [0.15, 0.2) is 36.7 Å². The number of aromatic nitrogens is 1. The SMILES string of the molecule is [Sn][c]1cccc2ccncc12. The number of pyridine rings is 1. The van der Waals surface area contributed by atoms with Crippen LogP contribution in [0.2, 0.25) is 0 Å². The monoisotopic (exact) mass is 248 g/mol. The molecule has 0 aliphatic carbocycles. The van der Waals surface area contributed by atoms with Crippen molar-refractivity contribution < 1.29 is 0 Å². The molecular weight excluding hydrogens is 241 g/mol. The number of hydrogen-bond donors (Lipinski definition) is 0. The number of fused-ring (bicyclic) bond motifs is 1. The molecule has 0 bridgehead atoms. The van der Waals surface area contributed by atoms with Crippen LogP contribution < -0.4 is 3.58 Å². The van der Waals surface area contributed by atoms with Crippen molar-refractivity contribution in [2.45, 2.75) is 0 Å². The fourth-order valence-electron chi connectivity index (χ4n) is 1.11. The van der Waals surface area contributed by atoms with E-state index in [9.17, 15) is 0 Å². The van der Waals surface area contributed by atoms with Crippen molar-refractivity contribution in [2.75, 3.05) is 0 Å². The van der Waals surface area contributed by atoms with E-state index in [0.29, 0.717) is 0 Å². The van der Waals surface area contributed by atoms with Gasteiger partial charge in [0.2, 0.25) is 0 Å². The summed E-state index contributed by atoms with van der Waals surface area (Å²) in [6.07, 6.45) is 3.76. The maximum absolute atomic E-state index is 4.09. The molecule has 1 aromatic carbocycles. The first-order chi connectivity index (χ1) is 5.38. The summed E-state index contributed by atoms with van der Waals surface area (Å²) in [6, 6.07) is 8.39. The van der Waals surface area contributed by atoms with E-state index in [4.69, 9.17) is 0 Å². The van der Waals surface area contributed by atoms with Gasteiger partial charge in [-0.15, -0.1) is 0 Å². The van der Waals surface area contributed by atoms with Gasteiger partial charge in [-0.2, -0.15) is 0 Å². The van der Waals surface area contributed by atoms with E-state index in [-0.39, 0.29) is 0 Å². The Balaban J connectivity index is 2.91. The molecule has 3 radical (unpaired) electrons. The average molecular weight is 247 g/mol. The molecule has 0 N–H and O–H groups in total. The van der Waals surface area contributed by atoms with Gasteiger partial charge in [0.25, 0.3) is 0 Å². The molecule has 1 aromatic heterocycles. The second kappa shape index (κ2) is 2.81. The third-order valence-electron chi connectivity index (χ3n) is 1.68. The topological polar surface area (TPSA) is 12.9 Å². The fraction of sp³-hybridized carbons (Fsp3) is 0. The summed E-state index contributed by atoms with van der Waals surface area (Å²) in [6.45, 7) is 0. The van der Waals surface area contributed by atoms with E-state index in [2.05, 4.69) is 23.2 Å². The minimum absolute atomic E-state index is 1.29. The Morgan fingerprint density at radius 1 is 1.18 bits per heavy atom. The molecule has 0 atom stereocenters. The molecule has 0 amide bonds. The molecule has 0 aliphatic rings. The minimum atomic E-state index is 1.29. The van der Waals surface area contributed by atoms with E-state index >= 15 is 0 Å². The van der Waals surface area contributed by atoms with Crippen molar-refractivity contribution in [2.24, 2.45) is 0 Å². The van der Waals surface area contributed by atoms with Crippen molar-refractivity contribution in [1.29, 1.82) is 0 Å². The number of rotatable bonds is 0. The normalized spacial score (nSPS) is 10.3. The Morgan fingerprint density at radius 2 is 2.09 bits per heavy atom. The molecule has 1 nitrogen and oxygen atoms in total. The number of hydrogen-bond acceptors (Lipinski definition) is 1. The van der Waals surface area contributed by atoms with Gasteiger partial charge in [-0.1, -0.05) is 0 Å². The molecule has 0 saturated heterocycles. The van der Waals surface area contributed by atoms with Crippen LogP contribution in [0.1, 0.15) is 0 Å². The summed E-state index contributed by atoms with van der Waals surface area (Å²) in [4.78, 5) is 4.09. The Kier molecular flexibility index (Phi) is 1.82. The molecule has 51 valence electrons. The summed E-state index contributed by atoms with van der Waals surface area (Å²) in [7, 11) is 0. The molecular formula is C9H6NSn. The van der Waals surface area contributed by atoms with Gasteiger partial charge in [-0.3, -0.25) is 0 Å². The van der Waals surface area contributed by atoms with Crippen LogP contribution in [0, 0.1) is 0 Å². The first-order valence-corrected chi connectivity index (χ1v) is 4.85. The molecule has 2 aromatic rings. The molecule has 0 fully saturated rings. The summed E-state index contributed by atoms with van der Waals surface area (Å²) in [5, 5.41) is 2.57. The Labute approximate surface area is 78.5 Å². The zero-order valence-corrected chi connectivity index (χ0v) is 8.77. The van der Waals surface area contributed by atoms with Crippen molar-refractivity contribution in [3.63, 3.8) is 0 Å². The Bertz CT molecular complexity index is 379. The number of nitrogens with zero attached hydrogens (tertiary/aromatic N) is 1. The zero-order chi connectivity index (χ0) is 7.68. The van der Waals surface area contributed by atoms with E-state index in [0.717, 1.165) is 0 Å². The Hall–Kier alpha value is -0.571. The van der Waals surface area contributed by atoms with Crippen LogP contribution in [0.25, 0.3) is 10.8 Å². The number of benzene rings is 1. The van der Waals surface area contributed by atoms with Crippen LogP contribution in [0.3, 0.4) is 0 Å². The molecule has 2 heteroatoms. The fourth-order valence-corrected chi connectivity index (χ4v) is 1.98. The van der Waals surface area contributed by atoms with Crippen LogP contribution >= 0.6 is 0 Å². The van der Waals surface area contributed by atoms with Gasteiger partial charge < -0.3 is 0 Å². The summed E-state index contributed by atoms with van der Waals surface area (Å²) < 4.78 is 1.38. The van der Waals surface area contributed by atoms with E-state index in [1.807, 2.05) is 18.5 Å². The first kappa shape index (κ1) is 7.10. The van der Waals surface area contributed by atoms with Crippen LogP contribution in [-0.4, -0.2) is 27.5 Å². The van der Waals surface area contributed by atoms with Gasteiger partial charge in [0.1, 0.15) is 0 Å². The second-order valence-corrected chi connectivity index (χ2v) is 3.94. The predicted molar refractivity (Wildman–Crippen MR) is 47.1 cm³/mol. The molecule has 0 spiro atoms. The predicted octanol–water partition coefficient (Wildman–Crippen LogP) is 1.03. The molecule has 0 aliphatic heterocycles. The standard InChI is InChI=1S/C9H6N.Sn/c1-2-4-9-7-10-6-5-8(9)3-1;/h1-3,5-7H;.